The van der Waals surface area contributed by atoms with Gasteiger partial charge in [-0.05, 0) is 85.4 Å². The van der Waals surface area contributed by atoms with E-state index >= 15 is 0 Å². The standard InChI is InChI=1S/C29H43N3O2S/c1-28(2)12-13-29(3,4)22-16-20(8-9-21(22)28)24-18-35-27(31-24)32-14-10-19(11-15-32)17-30-23-6-5-7-25(33)26(23)34/h8-9,16,18-19,23,25-26,30,33-34H,5-7,10-15,17H2,1-4H3/t23-,25-,26+/m0/s1. The van der Waals surface area contributed by atoms with Crippen LogP contribution in [0.3, 0.4) is 0 Å². The van der Waals surface area contributed by atoms with Crippen molar-refractivity contribution < 1.29 is 10.2 Å². The quantitative estimate of drug-likeness (QED) is 0.527. The Bertz CT molecular complexity index is 1020. The number of aliphatic hydroxyl groups is 2. The first-order valence-corrected chi connectivity index (χ1v) is 14.5. The summed E-state index contributed by atoms with van der Waals surface area (Å²) < 4.78 is 0. The number of aliphatic hydroxyl groups excluding tert-OH is 2. The Kier molecular flexibility index (Phi) is 7.03. The fourth-order valence-corrected chi connectivity index (χ4v) is 7.20. The van der Waals surface area contributed by atoms with Gasteiger partial charge in [-0.25, -0.2) is 4.98 Å². The smallest absolute Gasteiger partial charge is 0.185 e. The lowest BCUT2D eigenvalue weighted by atomic mass is 9.63. The van der Waals surface area contributed by atoms with Gasteiger partial charge in [0.15, 0.2) is 5.13 Å². The molecule has 2 fully saturated rings. The van der Waals surface area contributed by atoms with Gasteiger partial charge >= 0.3 is 0 Å². The second kappa shape index (κ2) is 9.77. The third-order valence-corrected chi connectivity index (χ3v) is 9.92. The van der Waals surface area contributed by atoms with Crippen LogP contribution in [0.15, 0.2) is 23.6 Å². The van der Waals surface area contributed by atoms with E-state index in [1.165, 1.54) is 29.5 Å². The molecular formula is C29H43N3O2S. The van der Waals surface area contributed by atoms with Crippen molar-refractivity contribution >= 4 is 16.5 Å². The number of piperidine rings is 1. The van der Waals surface area contributed by atoms with Crippen molar-refractivity contribution in [3.63, 3.8) is 0 Å². The maximum Gasteiger partial charge on any atom is 0.185 e. The highest BCUT2D eigenvalue weighted by Crippen LogP contribution is 2.47. The molecule has 1 aromatic heterocycles. The van der Waals surface area contributed by atoms with Gasteiger partial charge in [0, 0.05) is 30.1 Å². The van der Waals surface area contributed by atoms with Crippen molar-refractivity contribution in [2.45, 2.75) is 102 Å². The topological polar surface area (TPSA) is 68.6 Å². The molecule has 5 nitrogen and oxygen atoms in total. The number of nitrogens with one attached hydrogen (secondary N) is 1. The second-order valence-electron chi connectivity index (χ2n) is 12.5. The molecule has 0 radical (unpaired) electrons. The molecule has 2 aromatic rings. The normalized spacial score (nSPS) is 28.6. The van der Waals surface area contributed by atoms with Gasteiger partial charge in [0.2, 0.25) is 0 Å². The zero-order chi connectivity index (χ0) is 24.8. The Morgan fingerprint density at radius 2 is 1.71 bits per heavy atom. The van der Waals surface area contributed by atoms with Crippen LogP contribution in [0.2, 0.25) is 0 Å². The van der Waals surface area contributed by atoms with Crippen molar-refractivity contribution in [3.8, 4) is 11.3 Å². The predicted molar refractivity (Wildman–Crippen MR) is 145 cm³/mol. The van der Waals surface area contributed by atoms with Gasteiger partial charge in [0.1, 0.15) is 0 Å². The van der Waals surface area contributed by atoms with Crippen LogP contribution in [0.1, 0.15) is 83.8 Å². The van der Waals surface area contributed by atoms with Crippen molar-refractivity contribution in [1.29, 1.82) is 0 Å². The van der Waals surface area contributed by atoms with Crippen LogP contribution >= 0.6 is 11.3 Å². The number of fused-ring (bicyclic) bond motifs is 1. The first kappa shape index (κ1) is 25.2. The molecule has 0 spiro atoms. The van der Waals surface area contributed by atoms with E-state index in [-0.39, 0.29) is 16.9 Å². The van der Waals surface area contributed by atoms with E-state index < -0.39 is 12.2 Å². The fraction of sp³-hybridized carbons (Fsp3) is 0.690. The maximum atomic E-state index is 10.2. The van der Waals surface area contributed by atoms with Crippen LogP contribution in [0.25, 0.3) is 11.3 Å². The zero-order valence-corrected chi connectivity index (χ0v) is 22.7. The molecule has 3 aliphatic rings. The molecule has 0 amide bonds. The summed E-state index contributed by atoms with van der Waals surface area (Å²) in [6.45, 7) is 12.5. The van der Waals surface area contributed by atoms with Gasteiger partial charge in [-0.2, -0.15) is 0 Å². The lowest BCUT2D eigenvalue weighted by Gasteiger charge is -2.42. The van der Waals surface area contributed by atoms with Crippen LogP contribution < -0.4 is 10.2 Å². The number of hydrogen-bond acceptors (Lipinski definition) is 6. The average Bonchev–Trinajstić information content (AvgIpc) is 3.34. The molecule has 35 heavy (non-hydrogen) atoms. The van der Waals surface area contributed by atoms with Crippen molar-refractivity contribution in [2.75, 3.05) is 24.5 Å². The van der Waals surface area contributed by atoms with Crippen LogP contribution in [0, 0.1) is 5.92 Å². The number of aromatic nitrogens is 1. The van der Waals surface area contributed by atoms with E-state index in [1.807, 2.05) is 0 Å². The number of benzene rings is 1. The Morgan fingerprint density at radius 1 is 1.00 bits per heavy atom. The Hall–Kier alpha value is -1.47. The minimum absolute atomic E-state index is 0.0328. The van der Waals surface area contributed by atoms with Crippen molar-refractivity contribution in [3.05, 3.63) is 34.7 Å². The summed E-state index contributed by atoms with van der Waals surface area (Å²) >= 11 is 1.76. The van der Waals surface area contributed by atoms with Gasteiger partial charge in [0.25, 0.3) is 0 Å². The van der Waals surface area contributed by atoms with Gasteiger partial charge in [-0.15, -0.1) is 11.3 Å². The molecule has 2 heterocycles. The van der Waals surface area contributed by atoms with Gasteiger partial charge in [-0.1, -0.05) is 39.8 Å². The lowest BCUT2D eigenvalue weighted by Crippen LogP contribution is -2.50. The average molecular weight is 498 g/mol. The molecule has 5 rings (SSSR count). The lowest BCUT2D eigenvalue weighted by molar-refractivity contribution is -0.0301. The van der Waals surface area contributed by atoms with E-state index in [9.17, 15) is 10.2 Å². The molecule has 0 bridgehead atoms. The second-order valence-corrected chi connectivity index (χ2v) is 13.3. The molecule has 3 atom stereocenters. The van der Waals surface area contributed by atoms with E-state index in [0.29, 0.717) is 5.92 Å². The molecule has 1 aliphatic heterocycles. The highest BCUT2D eigenvalue weighted by atomic mass is 32.1. The van der Waals surface area contributed by atoms with E-state index in [1.54, 1.807) is 11.3 Å². The van der Waals surface area contributed by atoms with Gasteiger partial charge in [0.05, 0.1) is 17.9 Å². The molecule has 2 aliphatic carbocycles. The molecule has 192 valence electrons. The predicted octanol–water partition coefficient (Wildman–Crippen LogP) is 5.24. The number of rotatable bonds is 5. The number of hydrogen-bond donors (Lipinski definition) is 3. The van der Waals surface area contributed by atoms with Crippen LogP contribution in [0.4, 0.5) is 5.13 Å². The van der Waals surface area contributed by atoms with E-state index in [0.717, 1.165) is 62.6 Å². The van der Waals surface area contributed by atoms with E-state index in [2.05, 4.69) is 61.5 Å². The molecule has 0 unspecified atom stereocenters. The molecule has 1 saturated carbocycles. The number of thiazole rings is 1. The summed E-state index contributed by atoms with van der Waals surface area (Å²) in [6.07, 6.45) is 6.19. The summed E-state index contributed by atoms with van der Waals surface area (Å²) in [7, 11) is 0. The van der Waals surface area contributed by atoms with Gasteiger partial charge < -0.3 is 20.4 Å². The maximum absolute atomic E-state index is 10.2. The molecule has 1 aromatic carbocycles. The van der Waals surface area contributed by atoms with Crippen LogP contribution in [0.5, 0.6) is 0 Å². The highest BCUT2D eigenvalue weighted by molar-refractivity contribution is 7.14. The third kappa shape index (κ3) is 5.18. The largest absolute Gasteiger partial charge is 0.390 e. The van der Waals surface area contributed by atoms with Crippen molar-refractivity contribution in [2.24, 2.45) is 5.92 Å². The summed E-state index contributed by atoms with van der Waals surface area (Å²) in [4.78, 5) is 7.51. The minimum atomic E-state index is -0.627. The SMILES string of the molecule is CC1(C)CCC(C)(C)c2cc(-c3csc(N4CCC(CN[C@H]5CCC[C@H](O)[C@@H]5O)CC4)n3)ccc21. The molecule has 6 heteroatoms. The van der Waals surface area contributed by atoms with Crippen molar-refractivity contribution in [1.82, 2.24) is 10.3 Å². The fourth-order valence-electron chi connectivity index (χ4n) is 6.32. The zero-order valence-electron chi connectivity index (χ0n) is 21.9. The molecule has 1 saturated heterocycles. The summed E-state index contributed by atoms with van der Waals surface area (Å²) in [5, 5.41) is 27.1. The molecule has 3 N–H and O–H groups in total. The Labute approximate surface area is 215 Å². The molecular weight excluding hydrogens is 454 g/mol. The number of anilines is 1. The van der Waals surface area contributed by atoms with E-state index in [4.69, 9.17) is 4.98 Å². The monoisotopic (exact) mass is 497 g/mol. The van der Waals surface area contributed by atoms with Crippen LogP contribution in [-0.2, 0) is 10.8 Å². The highest BCUT2D eigenvalue weighted by Gasteiger charge is 2.37. The van der Waals surface area contributed by atoms with Crippen LogP contribution in [-0.4, -0.2) is 53.1 Å². The van der Waals surface area contributed by atoms with Gasteiger partial charge in [-0.3, -0.25) is 0 Å². The summed E-state index contributed by atoms with van der Waals surface area (Å²) in [6, 6.07) is 7.06. The Balaban J connectivity index is 1.20. The summed E-state index contributed by atoms with van der Waals surface area (Å²) in [5.41, 5.74) is 5.78. The number of nitrogens with zero attached hydrogens (tertiary/aromatic N) is 2. The Morgan fingerprint density at radius 3 is 2.46 bits per heavy atom. The third-order valence-electron chi connectivity index (χ3n) is 9.02. The first-order valence-electron chi connectivity index (χ1n) is 13.6. The first-order chi connectivity index (χ1) is 16.6. The minimum Gasteiger partial charge on any atom is -0.390 e. The summed E-state index contributed by atoms with van der Waals surface area (Å²) in [5.74, 6) is 0.614.